The summed E-state index contributed by atoms with van der Waals surface area (Å²) < 4.78 is 0. The molecule has 0 spiro atoms. The average molecular weight is 256 g/mol. The van der Waals surface area contributed by atoms with Crippen LogP contribution in [-0.4, -0.2) is 16.0 Å². The Labute approximate surface area is 111 Å². The van der Waals surface area contributed by atoms with Gasteiger partial charge in [-0.15, -0.1) is 0 Å². The standard InChI is InChI=1S/C15H16N2O2/c1-8-4-13-11(14(18)5-8)7-10-6-9(15(16)19)2-3-12(10)17-13/h2-3,6-8,14,18H,4-5H2,1H3,(H2,16,19). The highest BCUT2D eigenvalue weighted by Gasteiger charge is 2.24. The lowest BCUT2D eigenvalue weighted by Crippen LogP contribution is -2.18. The predicted molar refractivity (Wildman–Crippen MR) is 72.7 cm³/mol. The number of carbonyl (C=O) groups is 1. The number of rotatable bonds is 1. The van der Waals surface area contributed by atoms with E-state index in [2.05, 4.69) is 11.9 Å². The molecule has 0 bridgehead atoms. The van der Waals surface area contributed by atoms with Crippen molar-refractivity contribution in [1.82, 2.24) is 4.98 Å². The molecule has 1 aromatic carbocycles. The molecule has 4 heteroatoms. The molecule has 2 aromatic rings. The number of aliphatic hydroxyl groups is 1. The third-order valence-electron chi connectivity index (χ3n) is 3.74. The zero-order valence-corrected chi connectivity index (χ0v) is 10.8. The number of hydrogen-bond acceptors (Lipinski definition) is 3. The number of aliphatic hydroxyl groups excluding tert-OH is 1. The van der Waals surface area contributed by atoms with Crippen molar-refractivity contribution in [3.63, 3.8) is 0 Å². The summed E-state index contributed by atoms with van der Waals surface area (Å²) in [6.07, 6.45) is 1.18. The second-order valence-corrected chi connectivity index (χ2v) is 5.36. The largest absolute Gasteiger partial charge is 0.388 e. The van der Waals surface area contributed by atoms with Gasteiger partial charge in [0, 0.05) is 22.2 Å². The maximum Gasteiger partial charge on any atom is 0.248 e. The number of nitrogens with zero attached hydrogens (tertiary/aromatic N) is 1. The number of fused-ring (bicyclic) bond motifs is 2. The highest BCUT2D eigenvalue weighted by Crippen LogP contribution is 2.33. The van der Waals surface area contributed by atoms with Gasteiger partial charge in [0.2, 0.25) is 5.91 Å². The van der Waals surface area contributed by atoms with Crippen LogP contribution in [0, 0.1) is 5.92 Å². The van der Waals surface area contributed by atoms with Crippen LogP contribution in [0.2, 0.25) is 0 Å². The van der Waals surface area contributed by atoms with Gasteiger partial charge >= 0.3 is 0 Å². The van der Waals surface area contributed by atoms with E-state index >= 15 is 0 Å². The molecule has 1 aliphatic rings. The fraction of sp³-hybridized carbons (Fsp3) is 0.333. The number of pyridine rings is 1. The van der Waals surface area contributed by atoms with Gasteiger partial charge in [-0.05, 0) is 43.0 Å². The van der Waals surface area contributed by atoms with Crippen LogP contribution in [0.15, 0.2) is 24.3 Å². The molecule has 0 radical (unpaired) electrons. The molecule has 1 heterocycles. The lowest BCUT2D eigenvalue weighted by atomic mass is 9.85. The quantitative estimate of drug-likeness (QED) is 0.818. The summed E-state index contributed by atoms with van der Waals surface area (Å²) in [6.45, 7) is 2.12. The van der Waals surface area contributed by atoms with Crippen LogP contribution in [0.5, 0.6) is 0 Å². The van der Waals surface area contributed by atoms with E-state index in [4.69, 9.17) is 5.73 Å². The van der Waals surface area contributed by atoms with Crippen LogP contribution in [0.4, 0.5) is 0 Å². The maximum absolute atomic E-state index is 11.2. The topological polar surface area (TPSA) is 76.2 Å². The Morgan fingerprint density at radius 3 is 2.95 bits per heavy atom. The minimum absolute atomic E-state index is 0.442. The zero-order valence-electron chi connectivity index (χ0n) is 10.8. The molecule has 1 amide bonds. The molecule has 98 valence electrons. The number of aromatic nitrogens is 1. The Morgan fingerprint density at radius 1 is 1.42 bits per heavy atom. The second kappa shape index (κ2) is 4.31. The molecule has 1 aliphatic carbocycles. The van der Waals surface area contributed by atoms with Gasteiger partial charge in [0.1, 0.15) is 0 Å². The smallest absolute Gasteiger partial charge is 0.248 e. The zero-order chi connectivity index (χ0) is 13.6. The molecule has 0 saturated carbocycles. The van der Waals surface area contributed by atoms with Crippen molar-refractivity contribution in [2.45, 2.75) is 25.9 Å². The molecule has 0 fully saturated rings. The summed E-state index contributed by atoms with van der Waals surface area (Å²) in [5, 5.41) is 11.0. The second-order valence-electron chi connectivity index (χ2n) is 5.36. The van der Waals surface area contributed by atoms with Gasteiger partial charge < -0.3 is 10.8 Å². The summed E-state index contributed by atoms with van der Waals surface area (Å²) >= 11 is 0. The first-order valence-corrected chi connectivity index (χ1v) is 6.46. The normalized spacial score (nSPS) is 22.2. The predicted octanol–water partition coefficient (Wildman–Crippen LogP) is 1.95. The van der Waals surface area contributed by atoms with Crippen molar-refractivity contribution in [2.24, 2.45) is 11.7 Å². The van der Waals surface area contributed by atoms with Gasteiger partial charge in [-0.1, -0.05) is 6.92 Å². The van der Waals surface area contributed by atoms with Crippen molar-refractivity contribution in [3.8, 4) is 0 Å². The number of carbonyl (C=O) groups excluding carboxylic acids is 1. The van der Waals surface area contributed by atoms with E-state index in [0.29, 0.717) is 11.5 Å². The minimum atomic E-state index is -0.465. The Hall–Kier alpha value is -1.94. The number of amides is 1. The van der Waals surface area contributed by atoms with Crippen molar-refractivity contribution in [2.75, 3.05) is 0 Å². The fourth-order valence-electron chi connectivity index (χ4n) is 2.76. The van der Waals surface area contributed by atoms with E-state index in [0.717, 1.165) is 35.0 Å². The molecule has 19 heavy (non-hydrogen) atoms. The molecule has 3 N–H and O–H groups in total. The molecular formula is C15H16N2O2. The summed E-state index contributed by atoms with van der Waals surface area (Å²) in [5.41, 5.74) is 8.43. The van der Waals surface area contributed by atoms with Crippen LogP contribution < -0.4 is 5.73 Å². The molecule has 2 unspecified atom stereocenters. The Bertz CT molecular complexity index is 666. The summed E-state index contributed by atoms with van der Waals surface area (Å²) in [5.74, 6) is -0.00821. The number of nitrogens with two attached hydrogens (primary N) is 1. The third kappa shape index (κ3) is 2.08. The Balaban J connectivity index is 2.18. The fourth-order valence-corrected chi connectivity index (χ4v) is 2.76. The molecule has 0 saturated heterocycles. The van der Waals surface area contributed by atoms with E-state index in [9.17, 15) is 9.90 Å². The lowest BCUT2D eigenvalue weighted by molar-refractivity contribution is 0.100. The first kappa shape index (κ1) is 12.1. The highest BCUT2D eigenvalue weighted by molar-refractivity contribution is 5.97. The van der Waals surface area contributed by atoms with E-state index < -0.39 is 12.0 Å². The van der Waals surface area contributed by atoms with Crippen LogP contribution in [0.3, 0.4) is 0 Å². The summed E-state index contributed by atoms with van der Waals surface area (Å²) in [6, 6.07) is 7.16. The van der Waals surface area contributed by atoms with E-state index in [1.165, 1.54) is 0 Å². The molecule has 1 aromatic heterocycles. The minimum Gasteiger partial charge on any atom is -0.388 e. The molecule has 3 rings (SSSR count). The van der Waals surface area contributed by atoms with Gasteiger partial charge in [-0.25, -0.2) is 0 Å². The highest BCUT2D eigenvalue weighted by atomic mass is 16.3. The first-order chi connectivity index (χ1) is 9.04. The van der Waals surface area contributed by atoms with Crippen molar-refractivity contribution in [3.05, 3.63) is 41.1 Å². The maximum atomic E-state index is 11.2. The van der Waals surface area contributed by atoms with Gasteiger partial charge in [0.05, 0.1) is 11.6 Å². The van der Waals surface area contributed by atoms with E-state index in [1.54, 1.807) is 18.2 Å². The number of benzene rings is 1. The number of primary amides is 1. The van der Waals surface area contributed by atoms with Crippen LogP contribution in [0.1, 0.15) is 41.1 Å². The lowest BCUT2D eigenvalue weighted by Gasteiger charge is -2.25. The first-order valence-electron chi connectivity index (χ1n) is 6.46. The van der Waals surface area contributed by atoms with E-state index in [-0.39, 0.29) is 0 Å². The Kier molecular flexibility index (Phi) is 2.75. The van der Waals surface area contributed by atoms with E-state index in [1.807, 2.05) is 6.07 Å². The number of hydrogen-bond donors (Lipinski definition) is 2. The Morgan fingerprint density at radius 2 is 2.21 bits per heavy atom. The van der Waals surface area contributed by atoms with Gasteiger partial charge in [0.25, 0.3) is 0 Å². The molecule has 0 aliphatic heterocycles. The van der Waals surface area contributed by atoms with Crippen molar-refractivity contribution < 1.29 is 9.90 Å². The van der Waals surface area contributed by atoms with Crippen molar-refractivity contribution >= 4 is 16.8 Å². The third-order valence-corrected chi connectivity index (χ3v) is 3.74. The average Bonchev–Trinajstić information content (AvgIpc) is 2.36. The van der Waals surface area contributed by atoms with Gasteiger partial charge in [-0.3, -0.25) is 9.78 Å². The molecule has 4 nitrogen and oxygen atoms in total. The summed E-state index contributed by atoms with van der Waals surface area (Å²) in [7, 11) is 0. The summed E-state index contributed by atoms with van der Waals surface area (Å²) in [4.78, 5) is 15.8. The van der Waals surface area contributed by atoms with Crippen molar-refractivity contribution in [1.29, 1.82) is 0 Å². The van der Waals surface area contributed by atoms with Crippen LogP contribution >= 0.6 is 0 Å². The molecular weight excluding hydrogens is 240 g/mol. The van der Waals surface area contributed by atoms with Crippen LogP contribution in [-0.2, 0) is 6.42 Å². The van der Waals surface area contributed by atoms with Crippen LogP contribution in [0.25, 0.3) is 10.9 Å². The van der Waals surface area contributed by atoms with Gasteiger partial charge in [0.15, 0.2) is 0 Å². The monoisotopic (exact) mass is 256 g/mol. The van der Waals surface area contributed by atoms with Gasteiger partial charge in [-0.2, -0.15) is 0 Å². The SMILES string of the molecule is CC1Cc2nc3ccc(C(N)=O)cc3cc2C(O)C1. The molecule has 2 atom stereocenters.